The predicted octanol–water partition coefficient (Wildman–Crippen LogP) is 3.32. The number of aryl methyl sites for hydroxylation is 1. The molecule has 0 aliphatic heterocycles. The van der Waals surface area contributed by atoms with Gasteiger partial charge in [-0.05, 0) is 37.3 Å². The fourth-order valence-corrected chi connectivity index (χ4v) is 4.20. The van der Waals surface area contributed by atoms with Crippen LogP contribution in [0.2, 0.25) is 5.15 Å². The number of Topliss-reactive ketones (excluding diaryl/α,β-unsaturated/α-hetero) is 1. The first kappa shape index (κ1) is 20.0. The summed E-state index contributed by atoms with van der Waals surface area (Å²) in [5, 5.41) is 8.82. The molecule has 160 valence electrons. The number of methoxy groups -OCH3 is 1. The van der Waals surface area contributed by atoms with Crippen molar-refractivity contribution in [2.45, 2.75) is 38.7 Å². The SMILES string of the molecule is CO[C@H](c1c(CC(=O)Cc2cc(F)c3nc(C)nn3c2)cnc2cc(Cl)nn12)C1CC1. The van der Waals surface area contributed by atoms with Crippen molar-refractivity contribution in [3.8, 4) is 0 Å². The van der Waals surface area contributed by atoms with E-state index in [0.29, 0.717) is 28.1 Å². The molecule has 10 heteroatoms. The van der Waals surface area contributed by atoms with Crippen LogP contribution in [0.1, 0.15) is 41.6 Å². The van der Waals surface area contributed by atoms with Crippen LogP contribution in [0.15, 0.2) is 24.5 Å². The van der Waals surface area contributed by atoms with Crippen LogP contribution in [0, 0.1) is 18.7 Å². The summed E-state index contributed by atoms with van der Waals surface area (Å²) < 4.78 is 23.1. The number of halogens is 2. The van der Waals surface area contributed by atoms with Gasteiger partial charge in [0.25, 0.3) is 0 Å². The summed E-state index contributed by atoms with van der Waals surface area (Å²) in [6.45, 7) is 1.69. The summed E-state index contributed by atoms with van der Waals surface area (Å²) in [4.78, 5) is 21.4. The van der Waals surface area contributed by atoms with Gasteiger partial charge in [-0.1, -0.05) is 11.6 Å². The zero-order valence-corrected chi connectivity index (χ0v) is 17.8. The van der Waals surface area contributed by atoms with Crippen molar-refractivity contribution in [1.29, 1.82) is 0 Å². The van der Waals surface area contributed by atoms with Gasteiger partial charge in [0.1, 0.15) is 17.7 Å². The highest BCUT2D eigenvalue weighted by Crippen LogP contribution is 2.44. The lowest BCUT2D eigenvalue weighted by molar-refractivity contribution is -0.117. The molecule has 1 atom stereocenters. The number of ether oxygens (including phenoxy) is 1. The summed E-state index contributed by atoms with van der Waals surface area (Å²) in [6.07, 6.45) is 5.41. The van der Waals surface area contributed by atoms with E-state index in [9.17, 15) is 9.18 Å². The lowest BCUT2D eigenvalue weighted by atomic mass is 9.99. The normalized spacial score (nSPS) is 15.1. The van der Waals surface area contributed by atoms with Crippen molar-refractivity contribution < 1.29 is 13.9 Å². The van der Waals surface area contributed by atoms with Gasteiger partial charge in [0.2, 0.25) is 0 Å². The zero-order chi connectivity index (χ0) is 21.7. The summed E-state index contributed by atoms with van der Waals surface area (Å²) in [7, 11) is 1.66. The van der Waals surface area contributed by atoms with E-state index in [2.05, 4.69) is 20.2 Å². The van der Waals surface area contributed by atoms with Crippen LogP contribution in [-0.4, -0.2) is 42.1 Å². The molecule has 1 fully saturated rings. The van der Waals surface area contributed by atoms with Crippen molar-refractivity contribution in [2.24, 2.45) is 5.92 Å². The van der Waals surface area contributed by atoms with E-state index < -0.39 is 5.82 Å². The quantitative estimate of drug-likeness (QED) is 0.436. The Balaban J connectivity index is 1.46. The molecule has 31 heavy (non-hydrogen) atoms. The van der Waals surface area contributed by atoms with Gasteiger partial charge in [-0.2, -0.15) is 10.2 Å². The number of fused-ring (bicyclic) bond motifs is 2. The van der Waals surface area contributed by atoms with E-state index in [4.69, 9.17) is 16.3 Å². The van der Waals surface area contributed by atoms with Crippen LogP contribution < -0.4 is 0 Å². The number of ketones is 1. The number of carbonyl (C=O) groups is 1. The van der Waals surface area contributed by atoms with Gasteiger partial charge in [-0.3, -0.25) is 4.79 Å². The van der Waals surface area contributed by atoms with E-state index in [0.717, 1.165) is 24.1 Å². The third-order valence-electron chi connectivity index (χ3n) is 5.48. The van der Waals surface area contributed by atoms with Crippen LogP contribution in [0.25, 0.3) is 11.3 Å². The Morgan fingerprint density at radius 1 is 1.32 bits per heavy atom. The van der Waals surface area contributed by atoms with E-state index in [-0.39, 0.29) is 30.4 Å². The maximum absolute atomic E-state index is 14.3. The van der Waals surface area contributed by atoms with Crippen molar-refractivity contribution in [3.05, 3.63) is 58.1 Å². The third kappa shape index (κ3) is 3.79. The average Bonchev–Trinajstić information content (AvgIpc) is 3.36. The summed E-state index contributed by atoms with van der Waals surface area (Å²) >= 11 is 6.10. The second-order valence-corrected chi connectivity index (χ2v) is 8.30. The number of aromatic nitrogens is 6. The van der Waals surface area contributed by atoms with Crippen LogP contribution in [0.4, 0.5) is 4.39 Å². The number of rotatable bonds is 7. The summed E-state index contributed by atoms with van der Waals surface area (Å²) in [5.74, 6) is 0.255. The lowest BCUT2D eigenvalue weighted by Gasteiger charge is -2.19. The van der Waals surface area contributed by atoms with E-state index in [1.807, 2.05) is 0 Å². The van der Waals surface area contributed by atoms with Gasteiger partial charge in [-0.15, -0.1) is 0 Å². The van der Waals surface area contributed by atoms with E-state index >= 15 is 0 Å². The van der Waals surface area contributed by atoms with Crippen molar-refractivity contribution in [2.75, 3.05) is 7.11 Å². The Labute approximate surface area is 182 Å². The molecule has 1 aliphatic carbocycles. The molecule has 1 saturated carbocycles. The summed E-state index contributed by atoms with van der Waals surface area (Å²) in [6, 6.07) is 3.01. The lowest BCUT2D eigenvalue weighted by Crippen LogP contribution is -2.17. The minimum absolute atomic E-state index is 0.0597. The van der Waals surface area contributed by atoms with Gasteiger partial charge in [0, 0.05) is 44.0 Å². The molecule has 5 rings (SSSR count). The molecule has 0 spiro atoms. The minimum Gasteiger partial charge on any atom is -0.375 e. The molecule has 1 aliphatic rings. The number of nitrogens with zero attached hydrogens (tertiary/aromatic N) is 6. The first-order chi connectivity index (χ1) is 14.9. The Bertz CT molecular complexity index is 1310. The van der Waals surface area contributed by atoms with Crippen LogP contribution >= 0.6 is 11.6 Å². The molecule has 0 radical (unpaired) electrons. The fraction of sp³-hybridized carbons (Fsp3) is 0.381. The Morgan fingerprint density at radius 2 is 2.13 bits per heavy atom. The molecule has 4 heterocycles. The fourth-order valence-electron chi connectivity index (χ4n) is 4.03. The first-order valence-corrected chi connectivity index (χ1v) is 10.4. The monoisotopic (exact) mass is 442 g/mol. The zero-order valence-electron chi connectivity index (χ0n) is 17.0. The molecule has 0 aromatic carbocycles. The van der Waals surface area contributed by atoms with Crippen molar-refractivity contribution >= 4 is 28.7 Å². The number of hydrogen-bond donors (Lipinski definition) is 0. The second kappa shape index (κ2) is 7.65. The third-order valence-corrected chi connectivity index (χ3v) is 5.67. The van der Waals surface area contributed by atoms with Crippen LogP contribution in [-0.2, 0) is 22.4 Å². The Kier molecular flexibility index (Phi) is 4.94. The smallest absolute Gasteiger partial charge is 0.191 e. The van der Waals surface area contributed by atoms with E-state index in [1.165, 1.54) is 10.6 Å². The number of hydrogen-bond acceptors (Lipinski definition) is 6. The average molecular weight is 443 g/mol. The van der Waals surface area contributed by atoms with E-state index in [1.54, 1.807) is 37.0 Å². The molecule has 0 unspecified atom stereocenters. The molecule has 0 bridgehead atoms. The standard InChI is InChI=1S/C21H20ClFN6O2/c1-11-25-21-16(23)6-12(10-28(21)26-11)5-15(30)7-14-9-24-18-8-17(22)27-29(18)19(14)20(31-2)13-3-4-13/h6,8-10,13,20H,3-5,7H2,1-2H3/t20-/m0/s1. The number of pyridine rings is 1. The Morgan fingerprint density at radius 3 is 2.87 bits per heavy atom. The largest absolute Gasteiger partial charge is 0.375 e. The molecule has 0 N–H and O–H groups in total. The highest BCUT2D eigenvalue weighted by Gasteiger charge is 2.36. The molecule has 4 aromatic heterocycles. The second-order valence-electron chi connectivity index (χ2n) is 7.92. The molecular formula is C21H20ClFN6O2. The summed E-state index contributed by atoms with van der Waals surface area (Å²) in [5.41, 5.74) is 2.81. The minimum atomic E-state index is -0.506. The van der Waals surface area contributed by atoms with Crippen molar-refractivity contribution in [3.63, 3.8) is 0 Å². The van der Waals surface area contributed by atoms with Gasteiger partial charge in [-0.25, -0.2) is 23.4 Å². The van der Waals surface area contributed by atoms with Gasteiger partial charge >= 0.3 is 0 Å². The molecule has 0 saturated heterocycles. The maximum atomic E-state index is 14.3. The number of carbonyl (C=O) groups excluding carboxylic acids is 1. The highest BCUT2D eigenvalue weighted by molar-refractivity contribution is 6.29. The van der Waals surface area contributed by atoms with Gasteiger partial charge in [0.15, 0.2) is 22.3 Å². The highest BCUT2D eigenvalue weighted by atomic mass is 35.5. The predicted molar refractivity (Wildman–Crippen MR) is 111 cm³/mol. The van der Waals surface area contributed by atoms with Crippen molar-refractivity contribution in [1.82, 2.24) is 29.2 Å². The van der Waals surface area contributed by atoms with Gasteiger partial charge in [0.05, 0.1) is 5.69 Å². The molecule has 0 amide bonds. The Hall–Kier alpha value is -2.91. The first-order valence-electron chi connectivity index (χ1n) is 10.0. The van der Waals surface area contributed by atoms with Gasteiger partial charge < -0.3 is 4.74 Å². The van der Waals surface area contributed by atoms with Crippen LogP contribution in [0.3, 0.4) is 0 Å². The van der Waals surface area contributed by atoms with Crippen LogP contribution in [0.5, 0.6) is 0 Å². The molecule has 4 aromatic rings. The molecular weight excluding hydrogens is 423 g/mol. The molecule has 8 nitrogen and oxygen atoms in total. The maximum Gasteiger partial charge on any atom is 0.191 e. The topological polar surface area (TPSA) is 86.7 Å².